The average Bonchev–Trinajstić information content (AvgIpc) is 2.85. The molecule has 1 amide bonds. The lowest BCUT2D eigenvalue weighted by atomic mass is 10.7. The van der Waals surface area contributed by atoms with Crippen LogP contribution in [0.3, 0.4) is 0 Å². The highest BCUT2D eigenvalue weighted by Crippen LogP contribution is 2.13. The summed E-state index contributed by atoms with van der Waals surface area (Å²) in [5.74, 6) is -0.204. The van der Waals surface area contributed by atoms with E-state index in [1.54, 1.807) is 0 Å². The zero-order chi connectivity index (χ0) is 13.8. The number of ether oxygens (including phenoxy) is 2. The number of carbonyl (C=O) groups is 1. The van der Waals surface area contributed by atoms with Gasteiger partial charge in [0.2, 0.25) is 5.91 Å². The van der Waals surface area contributed by atoms with Gasteiger partial charge in [-0.1, -0.05) is 5.10 Å². The van der Waals surface area contributed by atoms with Crippen molar-refractivity contribution in [3.63, 3.8) is 0 Å². The summed E-state index contributed by atoms with van der Waals surface area (Å²) in [5.41, 5.74) is 0. The number of rotatable bonds is 4. The summed E-state index contributed by atoms with van der Waals surface area (Å²) >= 11 is 0. The Kier molecular flexibility index (Phi) is 3.45. The first kappa shape index (κ1) is 12.6. The van der Waals surface area contributed by atoms with Crippen LogP contribution in [-0.4, -0.2) is 55.3 Å². The van der Waals surface area contributed by atoms with E-state index in [-0.39, 0.29) is 29.8 Å². The van der Waals surface area contributed by atoms with Gasteiger partial charge in [0.1, 0.15) is 0 Å². The van der Waals surface area contributed by atoms with Crippen LogP contribution in [-0.2, 0) is 4.79 Å². The lowest BCUT2D eigenvalue weighted by Crippen LogP contribution is -2.14. The Morgan fingerprint density at radius 3 is 2.32 bits per heavy atom. The first-order valence-corrected chi connectivity index (χ1v) is 5.04. The van der Waals surface area contributed by atoms with E-state index in [9.17, 15) is 4.79 Å². The normalized spacial score (nSPS) is 10.1. The second-order valence-corrected chi connectivity index (χ2v) is 3.20. The van der Waals surface area contributed by atoms with Crippen LogP contribution in [0.15, 0.2) is 0 Å². The number of hydrogen-bond donors (Lipinski definition) is 1. The van der Waals surface area contributed by atoms with Gasteiger partial charge < -0.3 is 9.47 Å². The van der Waals surface area contributed by atoms with Gasteiger partial charge in [-0.25, -0.2) is 0 Å². The topological polar surface area (TPSA) is 130 Å². The molecule has 0 saturated carbocycles. The second kappa shape index (κ2) is 5.20. The first-order valence-electron chi connectivity index (χ1n) is 5.04. The molecule has 0 bridgehead atoms. The molecule has 0 aliphatic carbocycles. The number of nitrogens with one attached hydrogen (secondary N) is 1. The maximum atomic E-state index is 11.0. The molecule has 1 N–H and O–H groups in total. The van der Waals surface area contributed by atoms with Crippen molar-refractivity contribution >= 4 is 11.9 Å². The van der Waals surface area contributed by atoms with Gasteiger partial charge in [0, 0.05) is 6.92 Å². The number of hydrogen-bond acceptors (Lipinski definition) is 9. The van der Waals surface area contributed by atoms with E-state index in [0.717, 1.165) is 4.68 Å². The number of nitrogens with zero attached hydrogens (tertiary/aromatic N) is 7. The van der Waals surface area contributed by atoms with Gasteiger partial charge in [-0.2, -0.15) is 9.97 Å². The molecule has 0 atom stereocenters. The molecule has 2 heterocycles. The van der Waals surface area contributed by atoms with Gasteiger partial charge in [0.05, 0.1) is 14.2 Å². The molecule has 0 radical (unpaired) electrons. The minimum Gasteiger partial charge on any atom is -0.467 e. The van der Waals surface area contributed by atoms with Crippen molar-refractivity contribution in [2.24, 2.45) is 0 Å². The van der Waals surface area contributed by atoms with E-state index in [1.165, 1.54) is 21.1 Å². The summed E-state index contributed by atoms with van der Waals surface area (Å²) in [6.07, 6.45) is 0. The van der Waals surface area contributed by atoms with Gasteiger partial charge in [-0.3, -0.25) is 10.1 Å². The second-order valence-electron chi connectivity index (χ2n) is 3.20. The van der Waals surface area contributed by atoms with Crippen molar-refractivity contribution in [1.82, 2.24) is 35.2 Å². The number of carbonyl (C=O) groups excluding carboxylic acids is 1. The lowest BCUT2D eigenvalue weighted by molar-refractivity contribution is -0.114. The third kappa shape index (κ3) is 2.70. The highest BCUT2D eigenvalue weighted by atomic mass is 16.5. The molecule has 0 saturated heterocycles. The van der Waals surface area contributed by atoms with Crippen molar-refractivity contribution in [3.05, 3.63) is 0 Å². The largest absolute Gasteiger partial charge is 0.467 e. The Hall–Kier alpha value is -2.85. The Balaban J connectivity index is 2.46. The number of amides is 1. The van der Waals surface area contributed by atoms with Gasteiger partial charge >= 0.3 is 12.0 Å². The summed E-state index contributed by atoms with van der Waals surface area (Å²) in [5, 5.41) is 13.2. The highest BCUT2D eigenvalue weighted by molar-refractivity contribution is 5.86. The molecule has 0 aliphatic rings. The van der Waals surface area contributed by atoms with E-state index in [4.69, 9.17) is 9.47 Å². The molecule has 19 heavy (non-hydrogen) atoms. The third-order valence-electron chi connectivity index (χ3n) is 1.89. The quantitative estimate of drug-likeness (QED) is 0.726. The molecule has 2 rings (SSSR count). The van der Waals surface area contributed by atoms with Crippen LogP contribution >= 0.6 is 0 Å². The molecule has 0 unspecified atom stereocenters. The summed E-state index contributed by atoms with van der Waals surface area (Å²) in [6, 6.07) is 0.0669. The van der Waals surface area contributed by atoms with Crippen molar-refractivity contribution < 1.29 is 14.3 Å². The average molecular weight is 266 g/mol. The molecular formula is C8H10N8O3. The van der Waals surface area contributed by atoms with Crippen LogP contribution in [0, 0.1) is 0 Å². The van der Waals surface area contributed by atoms with Gasteiger partial charge in [0.15, 0.2) is 0 Å². The summed E-state index contributed by atoms with van der Waals surface area (Å²) < 4.78 is 10.9. The van der Waals surface area contributed by atoms with E-state index in [2.05, 4.69) is 35.8 Å². The smallest absolute Gasteiger partial charge is 0.324 e. The fraction of sp³-hybridized carbons (Fsp3) is 0.375. The fourth-order valence-electron chi connectivity index (χ4n) is 1.16. The molecule has 100 valence electrons. The monoisotopic (exact) mass is 266 g/mol. The zero-order valence-corrected chi connectivity index (χ0v) is 10.4. The molecule has 0 spiro atoms. The lowest BCUT2D eigenvalue weighted by Gasteiger charge is -2.05. The maximum Gasteiger partial charge on any atom is 0.324 e. The number of tetrazole rings is 1. The Morgan fingerprint density at radius 1 is 1.16 bits per heavy atom. The molecule has 11 heteroatoms. The van der Waals surface area contributed by atoms with Crippen molar-refractivity contribution in [1.29, 1.82) is 0 Å². The standard InChI is InChI=1S/C8H10N8O3/c1-4(17)9-6-13-14-15-16(6)5-10-7(18-2)12-8(11-5)19-3/h1-3H3,(H,9,13,15,17). The van der Waals surface area contributed by atoms with E-state index < -0.39 is 0 Å². The number of anilines is 1. The minimum absolute atomic E-state index is 0.0334. The summed E-state index contributed by atoms with van der Waals surface area (Å²) in [4.78, 5) is 22.8. The first-order chi connectivity index (χ1) is 9.13. The van der Waals surface area contributed by atoms with E-state index >= 15 is 0 Å². The SMILES string of the molecule is COc1nc(OC)nc(-n2nnnc2NC(C)=O)n1. The Bertz CT molecular complexity index is 575. The molecule has 0 aromatic carbocycles. The third-order valence-corrected chi connectivity index (χ3v) is 1.89. The van der Waals surface area contributed by atoms with Crippen LogP contribution in [0.1, 0.15) is 6.92 Å². The Labute approximate surface area is 107 Å². The van der Waals surface area contributed by atoms with Gasteiger partial charge in [-0.15, -0.1) is 9.67 Å². The summed E-state index contributed by atoms with van der Waals surface area (Å²) in [7, 11) is 2.79. The summed E-state index contributed by atoms with van der Waals surface area (Å²) in [6.45, 7) is 1.33. The maximum absolute atomic E-state index is 11.0. The van der Waals surface area contributed by atoms with E-state index in [1.807, 2.05) is 0 Å². The highest BCUT2D eigenvalue weighted by Gasteiger charge is 2.15. The van der Waals surface area contributed by atoms with Crippen LogP contribution in [0.25, 0.3) is 5.95 Å². The van der Waals surface area contributed by atoms with Gasteiger partial charge in [0.25, 0.3) is 11.9 Å². The van der Waals surface area contributed by atoms with Gasteiger partial charge in [-0.05, 0) is 10.4 Å². The van der Waals surface area contributed by atoms with Crippen molar-refractivity contribution in [2.45, 2.75) is 6.92 Å². The number of methoxy groups -OCH3 is 2. The Morgan fingerprint density at radius 2 is 1.79 bits per heavy atom. The molecule has 11 nitrogen and oxygen atoms in total. The van der Waals surface area contributed by atoms with Crippen LogP contribution in [0.4, 0.5) is 5.95 Å². The van der Waals surface area contributed by atoms with Crippen LogP contribution in [0.2, 0.25) is 0 Å². The molecule has 0 aliphatic heterocycles. The van der Waals surface area contributed by atoms with Crippen LogP contribution < -0.4 is 14.8 Å². The van der Waals surface area contributed by atoms with Crippen molar-refractivity contribution in [2.75, 3.05) is 19.5 Å². The van der Waals surface area contributed by atoms with Crippen molar-refractivity contribution in [3.8, 4) is 18.0 Å². The fourth-order valence-corrected chi connectivity index (χ4v) is 1.16. The number of aromatic nitrogens is 7. The molecule has 0 fully saturated rings. The minimum atomic E-state index is -0.330. The molecule has 2 aromatic rings. The molecule has 2 aromatic heterocycles. The van der Waals surface area contributed by atoms with E-state index in [0.29, 0.717) is 0 Å². The predicted octanol–water partition coefficient (Wildman–Crippen LogP) is -1.18. The van der Waals surface area contributed by atoms with Crippen LogP contribution in [0.5, 0.6) is 12.0 Å². The zero-order valence-electron chi connectivity index (χ0n) is 10.4. The molecular weight excluding hydrogens is 256 g/mol. The predicted molar refractivity (Wildman–Crippen MR) is 59.9 cm³/mol.